The highest BCUT2D eigenvalue weighted by atomic mass is 19.4. The van der Waals surface area contributed by atoms with Gasteiger partial charge in [0, 0.05) is 5.69 Å². The summed E-state index contributed by atoms with van der Waals surface area (Å²) in [6.07, 6.45) is -6.10. The van der Waals surface area contributed by atoms with Gasteiger partial charge in [-0.2, -0.15) is 13.2 Å². The molecule has 0 saturated heterocycles. The van der Waals surface area contributed by atoms with Gasteiger partial charge in [-0.3, -0.25) is 5.32 Å². The first kappa shape index (κ1) is 14.7. The molecule has 9 heteroatoms. The average Bonchev–Trinajstić information content (AvgIpc) is 2.25. The lowest BCUT2D eigenvalue weighted by molar-refractivity contribution is -0.159. The minimum atomic E-state index is -4.67. The summed E-state index contributed by atoms with van der Waals surface area (Å²) in [5.74, 6) is -2.65. The Bertz CT molecular complexity index is 501. The van der Waals surface area contributed by atoms with Gasteiger partial charge in [0.25, 0.3) is 0 Å². The SMILES string of the molecule is O=C(Nc1ccc(C(=O)O)c(F)c1)OCC(F)(F)F. The second-order valence-corrected chi connectivity index (χ2v) is 3.32. The first-order chi connectivity index (χ1) is 8.69. The Morgan fingerprint density at radius 3 is 2.42 bits per heavy atom. The molecule has 0 saturated carbocycles. The third-order valence-corrected chi connectivity index (χ3v) is 1.81. The second-order valence-electron chi connectivity index (χ2n) is 3.32. The molecule has 0 aliphatic carbocycles. The number of amides is 1. The standard InChI is InChI=1S/C10H7F4NO4/c11-7-3-5(1-2-6(7)8(16)17)15-9(18)19-4-10(12,13)14/h1-3H,4H2,(H,15,18)(H,16,17). The van der Waals surface area contributed by atoms with E-state index in [4.69, 9.17) is 5.11 Å². The van der Waals surface area contributed by atoms with E-state index in [1.165, 1.54) is 0 Å². The van der Waals surface area contributed by atoms with Crippen LogP contribution in [-0.2, 0) is 4.74 Å². The van der Waals surface area contributed by atoms with Gasteiger partial charge in [0.05, 0.1) is 5.56 Å². The van der Waals surface area contributed by atoms with Gasteiger partial charge in [0.1, 0.15) is 5.82 Å². The van der Waals surface area contributed by atoms with Crippen molar-refractivity contribution in [2.24, 2.45) is 0 Å². The van der Waals surface area contributed by atoms with Gasteiger partial charge in [0.2, 0.25) is 0 Å². The molecule has 0 bridgehead atoms. The number of halogens is 4. The molecule has 19 heavy (non-hydrogen) atoms. The van der Waals surface area contributed by atoms with Crippen molar-refractivity contribution in [3.8, 4) is 0 Å². The van der Waals surface area contributed by atoms with Gasteiger partial charge in [-0.15, -0.1) is 0 Å². The van der Waals surface area contributed by atoms with Crippen LogP contribution >= 0.6 is 0 Å². The van der Waals surface area contributed by atoms with Crippen LogP contribution in [0, 0.1) is 5.82 Å². The van der Waals surface area contributed by atoms with Crippen molar-refractivity contribution >= 4 is 17.7 Å². The van der Waals surface area contributed by atoms with E-state index in [0.717, 1.165) is 12.1 Å². The van der Waals surface area contributed by atoms with E-state index in [1.54, 1.807) is 0 Å². The highest BCUT2D eigenvalue weighted by Gasteiger charge is 2.29. The number of carbonyl (C=O) groups is 2. The lowest BCUT2D eigenvalue weighted by atomic mass is 10.2. The maximum absolute atomic E-state index is 13.2. The van der Waals surface area contributed by atoms with Crippen molar-refractivity contribution in [3.05, 3.63) is 29.6 Å². The first-order valence-corrected chi connectivity index (χ1v) is 4.72. The third kappa shape index (κ3) is 4.82. The fourth-order valence-corrected chi connectivity index (χ4v) is 1.07. The summed E-state index contributed by atoms with van der Waals surface area (Å²) >= 11 is 0. The van der Waals surface area contributed by atoms with Crippen molar-refractivity contribution in [3.63, 3.8) is 0 Å². The van der Waals surface area contributed by atoms with Crippen LogP contribution in [0.25, 0.3) is 0 Å². The van der Waals surface area contributed by atoms with E-state index >= 15 is 0 Å². The smallest absolute Gasteiger partial charge is 0.422 e. The monoisotopic (exact) mass is 281 g/mol. The number of hydrogen-bond acceptors (Lipinski definition) is 3. The van der Waals surface area contributed by atoms with Gasteiger partial charge in [-0.05, 0) is 18.2 Å². The quantitative estimate of drug-likeness (QED) is 0.835. The Morgan fingerprint density at radius 1 is 1.32 bits per heavy atom. The van der Waals surface area contributed by atoms with E-state index in [9.17, 15) is 27.2 Å². The second kappa shape index (κ2) is 5.55. The maximum atomic E-state index is 13.2. The Labute approximate surface area is 103 Å². The molecule has 5 nitrogen and oxygen atoms in total. The van der Waals surface area contributed by atoms with Crippen molar-refractivity contribution in [1.82, 2.24) is 0 Å². The minimum absolute atomic E-state index is 0.227. The van der Waals surface area contributed by atoms with Gasteiger partial charge in [-0.1, -0.05) is 0 Å². The molecule has 1 aromatic carbocycles. The van der Waals surface area contributed by atoms with E-state index < -0.39 is 36.2 Å². The van der Waals surface area contributed by atoms with E-state index in [0.29, 0.717) is 6.07 Å². The van der Waals surface area contributed by atoms with Crippen molar-refractivity contribution in [1.29, 1.82) is 0 Å². The molecule has 1 rings (SSSR count). The minimum Gasteiger partial charge on any atom is -0.478 e. The molecule has 0 aliphatic heterocycles. The number of carboxylic acids is 1. The Kier molecular flexibility index (Phi) is 4.30. The van der Waals surface area contributed by atoms with Crippen molar-refractivity contribution in [2.75, 3.05) is 11.9 Å². The van der Waals surface area contributed by atoms with Crippen molar-refractivity contribution < 1.29 is 37.0 Å². The fraction of sp³-hybridized carbons (Fsp3) is 0.200. The lowest BCUT2D eigenvalue weighted by Gasteiger charge is -2.09. The molecule has 0 heterocycles. The van der Waals surface area contributed by atoms with Crippen LogP contribution in [0.15, 0.2) is 18.2 Å². The number of alkyl halides is 3. The molecular formula is C10H7F4NO4. The number of hydrogen-bond donors (Lipinski definition) is 2. The fourth-order valence-electron chi connectivity index (χ4n) is 1.07. The zero-order chi connectivity index (χ0) is 14.6. The highest BCUT2D eigenvalue weighted by molar-refractivity contribution is 5.90. The Balaban J connectivity index is 2.65. The summed E-state index contributed by atoms with van der Waals surface area (Å²) in [5, 5.41) is 10.4. The van der Waals surface area contributed by atoms with Crippen LogP contribution in [0.2, 0.25) is 0 Å². The number of rotatable bonds is 3. The zero-order valence-corrected chi connectivity index (χ0v) is 9.12. The molecule has 0 radical (unpaired) electrons. The summed E-state index contributed by atoms with van der Waals surface area (Å²) in [5.41, 5.74) is -0.858. The predicted molar refractivity (Wildman–Crippen MR) is 54.4 cm³/mol. The van der Waals surface area contributed by atoms with Gasteiger partial charge in [-0.25, -0.2) is 14.0 Å². The number of ether oxygens (including phenoxy) is 1. The molecule has 0 spiro atoms. The van der Waals surface area contributed by atoms with Gasteiger partial charge in [0.15, 0.2) is 6.61 Å². The van der Waals surface area contributed by atoms with E-state index in [-0.39, 0.29) is 5.69 Å². The largest absolute Gasteiger partial charge is 0.478 e. The number of benzene rings is 1. The average molecular weight is 281 g/mol. The first-order valence-electron chi connectivity index (χ1n) is 4.72. The molecule has 0 fully saturated rings. The predicted octanol–water partition coefficient (Wildman–Crippen LogP) is 2.63. The molecule has 104 valence electrons. The van der Waals surface area contributed by atoms with Gasteiger partial charge >= 0.3 is 18.2 Å². The molecule has 0 atom stereocenters. The maximum Gasteiger partial charge on any atom is 0.422 e. The number of carboxylic acid groups (broad SMARTS) is 1. The summed E-state index contributed by atoms with van der Waals surface area (Å²) < 4.78 is 52.2. The Hall–Kier alpha value is -2.32. The van der Waals surface area contributed by atoms with Crippen LogP contribution in [0.1, 0.15) is 10.4 Å². The molecule has 2 N–H and O–H groups in total. The summed E-state index contributed by atoms with van der Waals surface area (Å²) in [7, 11) is 0. The van der Waals surface area contributed by atoms with E-state index in [1.807, 2.05) is 5.32 Å². The zero-order valence-electron chi connectivity index (χ0n) is 9.12. The summed E-state index contributed by atoms with van der Waals surface area (Å²) in [6, 6.07) is 2.52. The number of carbonyl (C=O) groups excluding carboxylic acids is 1. The topological polar surface area (TPSA) is 75.6 Å². The summed E-state index contributed by atoms with van der Waals surface area (Å²) in [4.78, 5) is 21.4. The van der Waals surface area contributed by atoms with E-state index in [2.05, 4.69) is 4.74 Å². The van der Waals surface area contributed by atoms with Crippen molar-refractivity contribution in [2.45, 2.75) is 6.18 Å². The van der Waals surface area contributed by atoms with Crippen LogP contribution in [0.4, 0.5) is 28.0 Å². The molecule has 0 aromatic heterocycles. The third-order valence-electron chi connectivity index (χ3n) is 1.81. The van der Waals surface area contributed by atoms with Crippen LogP contribution in [0.3, 0.4) is 0 Å². The van der Waals surface area contributed by atoms with Crippen LogP contribution in [-0.4, -0.2) is 30.0 Å². The molecule has 1 amide bonds. The number of anilines is 1. The van der Waals surface area contributed by atoms with Crippen LogP contribution < -0.4 is 5.32 Å². The lowest BCUT2D eigenvalue weighted by Crippen LogP contribution is -2.23. The molecule has 0 aliphatic rings. The number of nitrogens with one attached hydrogen (secondary N) is 1. The summed E-state index contributed by atoms with van der Waals surface area (Å²) in [6.45, 7) is -1.78. The van der Waals surface area contributed by atoms with Gasteiger partial charge < -0.3 is 9.84 Å². The molecule has 0 unspecified atom stereocenters. The molecule has 1 aromatic rings. The normalized spacial score (nSPS) is 10.9. The molecular weight excluding hydrogens is 274 g/mol. The Morgan fingerprint density at radius 2 is 1.95 bits per heavy atom. The number of aromatic carboxylic acids is 1. The van der Waals surface area contributed by atoms with Crippen LogP contribution in [0.5, 0.6) is 0 Å². The highest BCUT2D eigenvalue weighted by Crippen LogP contribution is 2.17.